The molecule has 0 spiro atoms. The number of methoxy groups -OCH3 is 1. The molecule has 0 aromatic rings. The van der Waals surface area contributed by atoms with Crippen molar-refractivity contribution < 1.29 is 24.2 Å². The Labute approximate surface area is 118 Å². The van der Waals surface area contributed by atoms with Gasteiger partial charge in [-0.15, -0.1) is 0 Å². The van der Waals surface area contributed by atoms with Gasteiger partial charge in [0.25, 0.3) is 0 Å². The Bertz CT molecular complexity index is 402. The van der Waals surface area contributed by atoms with E-state index in [4.69, 9.17) is 0 Å². The average Bonchev–Trinajstić information content (AvgIpc) is 2.74. The van der Waals surface area contributed by atoms with Crippen molar-refractivity contribution in [1.82, 2.24) is 10.2 Å². The molecule has 1 aliphatic rings. The predicted molar refractivity (Wildman–Crippen MR) is 71.1 cm³/mol. The van der Waals surface area contributed by atoms with Crippen LogP contribution in [0, 0.1) is 11.3 Å². The van der Waals surface area contributed by atoms with Crippen LogP contribution in [0.1, 0.15) is 27.2 Å². The molecule has 1 aliphatic heterocycles. The second-order valence-corrected chi connectivity index (χ2v) is 6.04. The Morgan fingerprint density at radius 2 is 1.95 bits per heavy atom. The van der Waals surface area contributed by atoms with Crippen molar-refractivity contribution in [2.75, 3.05) is 20.2 Å². The first kappa shape index (κ1) is 16.3. The molecule has 0 aromatic heterocycles. The first-order chi connectivity index (χ1) is 9.16. The molecular weight excluding hydrogens is 264 g/mol. The number of carboxylic acids is 1. The summed E-state index contributed by atoms with van der Waals surface area (Å²) in [6.07, 6.45) is 0.0482. The minimum absolute atomic E-state index is 0.194. The van der Waals surface area contributed by atoms with Crippen LogP contribution in [-0.4, -0.2) is 54.2 Å². The molecule has 7 heteroatoms. The van der Waals surface area contributed by atoms with Crippen molar-refractivity contribution in [2.45, 2.75) is 33.2 Å². The third-order valence-electron chi connectivity index (χ3n) is 3.37. The molecule has 0 bridgehead atoms. The average molecular weight is 286 g/mol. The molecule has 0 aromatic carbocycles. The van der Waals surface area contributed by atoms with Crippen molar-refractivity contribution in [3.63, 3.8) is 0 Å². The van der Waals surface area contributed by atoms with Gasteiger partial charge in [0, 0.05) is 13.1 Å². The molecule has 2 unspecified atom stereocenters. The number of hydrogen-bond acceptors (Lipinski definition) is 4. The van der Waals surface area contributed by atoms with Gasteiger partial charge in [0.1, 0.15) is 5.92 Å². The van der Waals surface area contributed by atoms with E-state index in [1.807, 2.05) is 0 Å². The number of carboxylic acid groups (broad SMARTS) is 1. The summed E-state index contributed by atoms with van der Waals surface area (Å²) >= 11 is 0. The van der Waals surface area contributed by atoms with Gasteiger partial charge in [-0.2, -0.15) is 0 Å². The van der Waals surface area contributed by atoms with Gasteiger partial charge < -0.3 is 20.1 Å². The van der Waals surface area contributed by atoms with E-state index in [0.29, 0.717) is 19.5 Å². The van der Waals surface area contributed by atoms with Crippen LogP contribution in [0.2, 0.25) is 0 Å². The van der Waals surface area contributed by atoms with E-state index in [1.54, 1.807) is 20.8 Å². The fraction of sp³-hybridized carbons (Fsp3) is 0.769. The molecule has 0 radical (unpaired) electrons. The lowest BCUT2D eigenvalue weighted by Crippen LogP contribution is -2.45. The monoisotopic (exact) mass is 286 g/mol. The van der Waals surface area contributed by atoms with Gasteiger partial charge in [-0.1, -0.05) is 20.8 Å². The summed E-state index contributed by atoms with van der Waals surface area (Å²) in [7, 11) is 1.27. The summed E-state index contributed by atoms with van der Waals surface area (Å²) in [6.45, 7) is 5.93. The number of nitrogens with one attached hydrogen (secondary N) is 1. The second-order valence-electron chi connectivity index (χ2n) is 6.04. The lowest BCUT2D eigenvalue weighted by molar-refractivity contribution is -0.155. The molecule has 1 rings (SSSR count). The van der Waals surface area contributed by atoms with Gasteiger partial charge in [-0.05, 0) is 11.8 Å². The molecule has 1 saturated heterocycles. The summed E-state index contributed by atoms with van der Waals surface area (Å²) in [6, 6.07) is -0.194. The molecular formula is C13H22N2O5. The SMILES string of the molecule is COC(=O)NC1CCN(C(=O)C(C(=O)O)C(C)(C)C)C1. The largest absolute Gasteiger partial charge is 0.481 e. The highest BCUT2D eigenvalue weighted by molar-refractivity contribution is 5.97. The lowest BCUT2D eigenvalue weighted by Gasteiger charge is -2.29. The fourth-order valence-corrected chi connectivity index (χ4v) is 2.33. The van der Waals surface area contributed by atoms with Crippen molar-refractivity contribution in [3.05, 3.63) is 0 Å². The number of carbonyl (C=O) groups excluding carboxylic acids is 2. The molecule has 1 heterocycles. The number of ether oxygens (including phenoxy) is 1. The molecule has 114 valence electrons. The topological polar surface area (TPSA) is 95.9 Å². The number of aliphatic carboxylic acids is 1. The summed E-state index contributed by atoms with van der Waals surface area (Å²) in [5.74, 6) is -2.61. The van der Waals surface area contributed by atoms with Crippen LogP contribution >= 0.6 is 0 Å². The maximum Gasteiger partial charge on any atom is 0.407 e. The van der Waals surface area contributed by atoms with E-state index >= 15 is 0 Å². The first-order valence-corrected chi connectivity index (χ1v) is 6.53. The minimum Gasteiger partial charge on any atom is -0.481 e. The number of hydrogen-bond donors (Lipinski definition) is 2. The van der Waals surface area contributed by atoms with Crippen LogP contribution in [0.25, 0.3) is 0 Å². The van der Waals surface area contributed by atoms with Crippen LogP contribution in [0.4, 0.5) is 4.79 Å². The summed E-state index contributed by atoms with van der Waals surface area (Å²) in [4.78, 5) is 36.3. The van der Waals surface area contributed by atoms with Gasteiger partial charge in [-0.25, -0.2) is 4.79 Å². The number of rotatable bonds is 3. The fourth-order valence-electron chi connectivity index (χ4n) is 2.33. The molecule has 20 heavy (non-hydrogen) atoms. The van der Waals surface area contributed by atoms with Gasteiger partial charge in [0.15, 0.2) is 0 Å². The summed E-state index contributed by atoms with van der Waals surface area (Å²) in [5, 5.41) is 11.9. The molecule has 0 aliphatic carbocycles. The van der Waals surface area contributed by atoms with Crippen LogP contribution in [0.5, 0.6) is 0 Å². The smallest absolute Gasteiger partial charge is 0.407 e. The quantitative estimate of drug-likeness (QED) is 0.744. The van der Waals surface area contributed by atoms with Crippen molar-refractivity contribution >= 4 is 18.0 Å². The minimum atomic E-state index is -1.12. The molecule has 7 nitrogen and oxygen atoms in total. The van der Waals surface area contributed by atoms with E-state index in [1.165, 1.54) is 12.0 Å². The first-order valence-electron chi connectivity index (χ1n) is 6.53. The zero-order valence-electron chi connectivity index (χ0n) is 12.3. The number of nitrogens with zero attached hydrogens (tertiary/aromatic N) is 1. The molecule has 0 saturated carbocycles. The number of alkyl carbamates (subject to hydrolysis) is 1. The Hall–Kier alpha value is -1.79. The van der Waals surface area contributed by atoms with Crippen molar-refractivity contribution in [1.29, 1.82) is 0 Å². The van der Waals surface area contributed by atoms with E-state index in [2.05, 4.69) is 10.1 Å². The Kier molecular flexibility index (Phi) is 4.97. The highest BCUT2D eigenvalue weighted by atomic mass is 16.5. The maximum absolute atomic E-state index is 12.3. The predicted octanol–water partition coefficient (Wildman–Crippen LogP) is 0.690. The molecule has 1 fully saturated rings. The van der Waals surface area contributed by atoms with Gasteiger partial charge in [-0.3, -0.25) is 9.59 Å². The highest BCUT2D eigenvalue weighted by Crippen LogP contribution is 2.29. The van der Waals surface area contributed by atoms with Crippen LogP contribution in [0.15, 0.2) is 0 Å². The Morgan fingerprint density at radius 1 is 1.35 bits per heavy atom. The van der Waals surface area contributed by atoms with Gasteiger partial charge in [0.2, 0.25) is 5.91 Å². The van der Waals surface area contributed by atoms with Crippen LogP contribution in [0.3, 0.4) is 0 Å². The van der Waals surface area contributed by atoms with Crippen molar-refractivity contribution in [2.24, 2.45) is 11.3 Å². The summed E-state index contributed by atoms with van der Waals surface area (Å²) in [5.41, 5.74) is -0.656. The summed E-state index contributed by atoms with van der Waals surface area (Å²) < 4.78 is 4.50. The van der Waals surface area contributed by atoms with Gasteiger partial charge in [0.05, 0.1) is 13.2 Å². The van der Waals surface area contributed by atoms with E-state index < -0.39 is 29.3 Å². The number of amides is 2. The Balaban J connectivity index is 2.69. The van der Waals surface area contributed by atoms with E-state index in [-0.39, 0.29) is 6.04 Å². The highest BCUT2D eigenvalue weighted by Gasteiger charge is 2.42. The van der Waals surface area contributed by atoms with Crippen molar-refractivity contribution in [3.8, 4) is 0 Å². The maximum atomic E-state index is 12.3. The van der Waals surface area contributed by atoms with Gasteiger partial charge >= 0.3 is 12.1 Å². The zero-order chi connectivity index (χ0) is 15.5. The van der Waals surface area contributed by atoms with Crippen LogP contribution in [-0.2, 0) is 14.3 Å². The second kappa shape index (κ2) is 6.11. The van der Waals surface area contributed by atoms with E-state index in [9.17, 15) is 19.5 Å². The van der Waals surface area contributed by atoms with E-state index in [0.717, 1.165) is 0 Å². The molecule has 2 N–H and O–H groups in total. The van der Waals surface area contributed by atoms with Crippen LogP contribution < -0.4 is 5.32 Å². The molecule has 2 amide bonds. The third-order valence-corrected chi connectivity index (χ3v) is 3.37. The Morgan fingerprint density at radius 3 is 2.40 bits per heavy atom. The number of likely N-dealkylation sites (tertiary alicyclic amines) is 1. The molecule has 2 atom stereocenters. The zero-order valence-corrected chi connectivity index (χ0v) is 12.3. The normalized spacial score (nSPS) is 20.4. The standard InChI is InChI=1S/C13H22N2O5/c1-13(2,3)9(11(17)18)10(16)15-6-5-8(7-15)14-12(19)20-4/h8-9H,5-7H2,1-4H3,(H,14,19)(H,17,18). The third kappa shape index (κ3) is 3.85. The number of carbonyl (C=O) groups is 3. The lowest BCUT2D eigenvalue weighted by atomic mass is 9.80.